The summed E-state index contributed by atoms with van der Waals surface area (Å²) in [6.07, 6.45) is 0.529. The number of carbonyl (C=O) groups is 1. The number of anilines is 1. The summed E-state index contributed by atoms with van der Waals surface area (Å²) in [5.74, 6) is 0. The minimum Gasteiger partial charge on any atom is -0.444 e. The molecule has 0 aromatic heterocycles. The molecule has 0 atom stereocenters. The van der Waals surface area contributed by atoms with Crippen molar-refractivity contribution in [3.05, 3.63) is 64.2 Å². The molecule has 1 fully saturated rings. The van der Waals surface area contributed by atoms with Crippen LogP contribution in [0.25, 0.3) is 0 Å². The summed E-state index contributed by atoms with van der Waals surface area (Å²) in [6, 6.07) is 14.7. The van der Waals surface area contributed by atoms with Crippen LogP contribution in [0.15, 0.2) is 36.4 Å². The van der Waals surface area contributed by atoms with Gasteiger partial charge in [0.15, 0.2) is 0 Å². The number of hydrogen-bond acceptors (Lipinski definition) is 4. The highest BCUT2D eigenvalue weighted by Gasteiger charge is 2.26. The summed E-state index contributed by atoms with van der Waals surface area (Å²) in [6.45, 7) is 12.6. The zero-order chi connectivity index (χ0) is 21.9. The number of rotatable bonds is 3. The molecule has 0 unspecified atom stereocenters. The van der Waals surface area contributed by atoms with Crippen molar-refractivity contribution in [1.29, 1.82) is 5.26 Å². The Morgan fingerprint density at radius 3 is 2.33 bits per heavy atom. The molecule has 1 aliphatic rings. The van der Waals surface area contributed by atoms with Gasteiger partial charge in [0.05, 0.1) is 11.6 Å². The second kappa shape index (κ2) is 8.79. The molecule has 1 heterocycles. The van der Waals surface area contributed by atoms with Gasteiger partial charge in [-0.3, -0.25) is 0 Å². The molecule has 1 amide bonds. The molecule has 30 heavy (non-hydrogen) atoms. The normalized spacial score (nSPS) is 14.4. The standard InChI is InChI=1S/C25H31N3O2/c1-18-6-8-21(19(2)14-18)16-22-15-20(17-26)7-9-23(22)27-10-12-28(13-11-27)24(29)30-25(3,4)5/h6-9,14-15H,10-13,16H2,1-5H3. The molecule has 0 bridgehead atoms. The van der Waals surface area contributed by atoms with Crippen molar-refractivity contribution in [3.63, 3.8) is 0 Å². The fraction of sp³-hybridized carbons (Fsp3) is 0.440. The van der Waals surface area contributed by atoms with Crippen molar-refractivity contribution in [1.82, 2.24) is 4.90 Å². The maximum atomic E-state index is 12.4. The van der Waals surface area contributed by atoms with Crippen LogP contribution in [-0.4, -0.2) is 42.8 Å². The monoisotopic (exact) mass is 405 g/mol. The van der Waals surface area contributed by atoms with Crippen molar-refractivity contribution in [2.75, 3.05) is 31.1 Å². The zero-order valence-electron chi connectivity index (χ0n) is 18.7. The maximum absolute atomic E-state index is 12.4. The molecule has 158 valence electrons. The summed E-state index contributed by atoms with van der Waals surface area (Å²) < 4.78 is 5.51. The number of piperazine rings is 1. The Morgan fingerprint density at radius 1 is 1.03 bits per heavy atom. The van der Waals surface area contributed by atoms with Gasteiger partial charge in [0.2, 0.25) is 0 Å². The SMILES string of the molecule is Cc1ccc(Cc2cc(C#N)ccc2N2CCN(C(=O)OC(C)(C)C)CC2)c(C)c1. The average molecular weight is 406 g/mol. The number of ether oxygens (including phenoxy) is 1. The van der Waals surface area contributed by atoms with Gasteiger partial charge in [0.1, 0.15) is 5.60 Å². The van der Waals surface area contributed by atoms with Crippen LogP contribution >= 0.6 is 0 Å². The van der Waals surface area contributed by atoms with E-state index in [4.69, 9.17) is 4.74 Å². The molecule has 2 aromatic carbocycles. The van der Waals surface area contributed by atoms with Crippen LogP contribution in [0.2, 0.25) is 0 Å². The minimum atomic E-state index is -0.486. The Bertz CT molecular complexity index is 961. The Labute approximate surface area is 179 Å². The molecular formula is C25H31N3O2. The lowest BCUT2D eigenvalue weighted by atomic mass is 9.96. The highest BCUT2D eigenvalue weighted by atomic mass is 16.6. The fourth-order valence-electron chi connectivity index (χ4n) is 3.81. The molecule has 0 spiro atoms. The first-order chi connectivity index (χ1) is 14.2. The Hall–Kier alpha value is -3.00. The third-order valence-electron chi connectivity index (χ3n) is 5.36. The lowest BCUT2D eigenvalue weighted by Crippen LogP contribution is -2.50. The maximum Gasteiger partial charge on any atom is 0.410 e. The predicted molar refractivity (Wildman–Crippen MR) is 120 cm³/mol. The lowest BCUT2D eigenvalue weighted by molar-refractivity contribution is 0.0240. The molecule has 1 saturated heterocycles. The third-order valence-corrected chi connectivity index (χ3v) is 5.36. The quantitative estimate of drug-likeness (QED) is 0.734. The highest BCUT2D eigenvalue weighted by Crippen LogP contribution is 2.27. The van der Waals surface area contributed by atoms with Crippen molar-refractivity contribution >= 4 is 11.8 Å². The number of hydrogen-bond donors (Lipinski definition) is 0. The van der Waals surface area contributed by atoms with Gasteiger partial charge < -0.3 is 14.5 Å². The first-order valence-electron chi connectivity index (χ1n) is 10.5. The van der Waals surface area contributed by atoms with Gasteiger partial charge in [-0.25, -0.2) is 4.79 Å². The first-order valence-corrected chi connectivity index (χ1v) is 10.5. The second-order valence-electron chi connectivity index (χ2n) is 9.02. The summed E-state index contributed by atoms with van der Waals surface area (Å²) >= 11 is 0. The average Bonchev–Trinajstić information content (AvgIpc) is 2.69. The van der Waals surface area contributed by atoms with Crippen molar-refractivity contribution in [2.24, 2.45) is 0 Å². The molecule has 5 nitrogen and oxygen atoms in total. The molecule has 0 saturated carbocycles. The van der Waals surface area contributed by atoms with Gasteiger partial charge in [-0.2, -0.15) is 5.26 Å². The lowest BCUT2D eigenvalue weighted by Gasteiger charge is -2.37. The largest absolute Gasteiger partial charge is 0.444 e. The van der Waals surface area contributed by atoms with Crippen LogP contribution in [0.1, 0.15) is 48.6 Å². The molecule has 0 aliphatic carbocycles. The zero-order valence-corrected chi connectivity index (χ0v) is 18.7. The van der Waals surface area contributed by atoms with E-state index in [2.05, 4.69) is 43.0 Å². The summed E-state index contributed by atoms with van der Waals surface area (Å²) in [4.78, 5) is 16.4. The molecule has 3 rings (SSSR count). The fourth-order valence-corrected chi connectivity index (χ4v) is 3.81. The van der Waals surface area contributed by atoms with Crippen molar-refractivity contribution in [2.45, 2.75) is 46.6 Å². The number of nitrogens with zero attached hydrogens (tertiary/aromatic N) is 3. The molecular weight excluding hydrogens is 374 g/mol. The third kappa shape index (κ3) is 5.33. The van der Waals surface area contributed by atoms with Crippen LogP contribution in [0.4, 0.5) is 10.5 Å². The number of benzene rings is 2. The van der Waals surface area contributed by atoms with Crippen LogP contribution in [0.5, 0.6) is 0 Å². The van der Waals surface area contributed by atoms with E-state index in [9.17, 15) is 10.1 Å². The van der Waals surface area contributed by atoms with Gasteiger partial charge in [0.25, 0.3) is 0 Å². The van der Waals surface area contributed by atoms with Crippen LogP contribution in [-0.2, 0) is 11.2 Å². The molecule has 0 N–H and O–H groups in total. The van der Waals surface area contributed by atoms with E-state index < -0.39 is 5.60 Å². The van der Waals surface area contributed by atoms with Gasteiger partial charge in [0, 0.05) is 31.9 Å². The van der Waals surface area contributed by atoms with E-state index in [1.54, 1.807) is 4.90 Å². The number of carbonyl (C=O) groups excluding carboxylic acids is 1. The minimum absolute atomic E-state index is 0.252. The molecule has 0 radical (unpaired) electrons. The van der Waals surface area contributed by atoms with Crippen LogP contribution in [0.3, 0.4) is 0 Å². The van der Waals surface area contributed by atoms with Crippen LogP contribution in [0, 0.1) is 25.2 Å². The van der Waals surface area contributed by atoms with E-state index in [0.717, 1.165) is 30.8 Å². The van der Waals surface area contributed by atoms with E-state index in [0.29, 0.717) is 18.7 Å². The highest BCUT2D eigenvalue weighted by molar-refractivity contribution is 5.69. The smallest absolute Gasteiger partial charge is 0.410 e. The second-order valence-corrected chi connectivity index (χ2v) is 9.02. The van der Waals surface area contributed by atoms with Crippen LogP contribution < -0.4 is 4.90 Å². The Morgan fingerprint density at radius 2 is 1.73 bits per heavy atom. The summed E-state index contributed by atoms with van der Waals surface area (Å²) in [5.41, 5.74) is 6.25. The number of aryl methyl sites for hydroxylation is 2. The van der Waals surface area contributed by atoms with Crippen molar-refractivity contribution in [3.8, 4) is 6.07 Å². The number of nitriles is 1. The molecule has 5 heteroatoms. The molecule has 2 aromatic rings. The van der Waals surface area contributed by atoms with Crippen molar-refractivity contribution < 1.29 is 9.53 Å². The van der Waals surface area contributed by atoms with Gasteiger partial charge in [-0.1, -0.05) is 23.8 Å². The molecule has 1 aliphatic heterocycles. The van der Waals surface area contributed by atoms with E-state index in [-0.39, 0.29) is 6.09 Å². The summed E-state index contributed by atoms with van der Waals surface area (Å²) in [5, 5.41) is 9.39. The van der Waals surface area contributed by atoms with E-state index in [1.807, 2.05) is 39.0 Å². The Balaban J connectivity index is 1.78. The topological polar surface area (TPSA) is 56.6 Å². The predicted octanol–water partition coefficient (Wildman–Crippen LogP) is 4.82. The Kier molecular flexibility index (Phi) is 6.36. The number of amides is 1. The van der Waals surface area contributed by atoms with Gasteiger partial charge in [-0.15, -0.1) is 0 Å². The van der Waals surface area contributed by atoms with Gasteiger partial charge >= 0.3 is 6.09 Å². The first kappa shape index (κ1) is 21.7. The van der Waals surface area contributed by atoms with Gasteiger partial charge in [-0.05, 0) is 75.9 Å². The van der Waals surface area contributed by atoms with E-state index in [1.165, 1.54) is 16.7 Å². The van der Waals surface area contributed by atoms with E-state index >= 15 is 0 Å². The summed E-state index contributed by atoms with van der Waals surface area (Å²) in [7, 11) is 0.